The summed E-state index contributed by atoms with van der Waals surface area (Å²) in [5, 5.41) is 10.8. The summed E-state index contributed by atoms with van der Waals surface area (Å²) >= 11 is 0. The van der Waals surface area contributed by atoms with E-state index in [2.05, 4.69) is 60.8 Å². The lowest BCUT2D eigenvalue weighted by Gasteiger charge is -2.32. The average molecular weight is 529 g/mol. The number of aliphatic imine (C=N–C) groups is 1. The van der Waals surface area contributed by atoms with Gasteiger partial charge < -0.3 is 24.6 Å². The number of carboxylic acids is 1. The Morgan fingerprint density at radius 3 is 2.16 bits per heavy atom. The number of fused-ring (bicyclic) bond motifs is 1. The number of aliphatic carboxylic acids is 1. The molecule has 0 amide bonds. The van der Waals surface area contributed by atoms with Crippen molar-refractivity contribution in [2.24, 2.45) is 4.99 Å². The number of nitrogens with one attached hydrogen (secondary N) is 1. The fraction of sp³-hybridized carbons (Fsp3) is 0.286. The monoisotopic (exact) mass is 528 g/mol. The summed E-state index contributed by atoms with van der Waals surface area (Å²) in [4.78, 5) is 14.1. The SMILES string of the molecule is COC(C1=N[C@@](C)(c2ccccc2)[C@@H](c2ccccc2)N1)C1COc2ccccc2O1.O=C(O)C(F)(F)F. The third-order valence-electron chi connectivity index (χ3n) is 6.33. The zero-order chi connectivity index (χ0) is 27.3. The maximum Gasteiger partial charge on any atom is 0.490 e. The number of carboxylic acid groups (broad SMARTS) is 1. The van der Waals surface area contributed by atoms with Crippen molar-refractivity contribution in [3.63, 3.8) is 0 Å². The smallest absolute Gasteiger partial charge is 0.486 e. The van der Waals surface area contributed by atoms with Crippen LogP contribution in [0.1, 0.15) is 24.1 Å². The summed E-state index contributed by atoms with van der Waals surface area (Å²) in [7, 11) is 1.69. The van der Waals surface area contributed by atoms with Crippen LogP contribution in [0, 0.1) is 0 Å². The molecule has 2 heterocycles. The number of methoxy groups -OCH3 is 1. The minimum atomic E-state index is -5.08. The quantitative estimate of drug-likeness (QED) is 0.477. The largest absolute Gasteiger partial charge is 0.490 e. The standard InChI is InChI=1S/C26H26N2O3.C2HF3O2/c1-26(19-13-7-4-8-14-19)24(18-11-5-3-6-12-18)27-25(28-26)23(29-2)22-17-30-20-15-9-10-16-21(20)31-22;3-2(4,5)1(6)7/h3-16,22-24H,17H2,1-2H3,(H,27,28);(H,6,7)/t22?,23?,24-,26+;/m1./s1. The van der Waals surface area contributed by atoms with Crippen molar-refractivity contribution in [1.29, 1.82) is 0 Å². The molecular formula is C28H27F3N2O5. The van der Waals surface area contributed by atoms with Crippen molar-refractivity contribution >= 4 is 11.8 Å². The van der Waals surface area contributed by atoms with Crippen molar-refractivity contribution in [1.82, 2.24) is 5.32 Å². The van der Waals surface area contributed by atoms with Crippen molar-refractivity contribution in [3.8, 4) is 11.5 Å². The van der Waals surface area contributed by atoms with Crippen LogP contribution in [0.25, 0.3) is 0 Å². The van der Waals surface area contributed by atoms with Gasteiger partial charge in [0.25, 0.3) is 0 Å². The van der Waals surface area contributed by atoms with E-state index in [0.29, 0.717) is 6.61 Å². The van der Waals surface area contributed by atoms with Crippen LogP contribution < -0.4 is 14.8 Å². The molecule has 0 radical (unpaired) electrons. The number of hydrogen-bond donors (Lipinski definition) is 2. The molecule has 2 aliphatic heterocycles. The van der Waals surface area contributed by atoms with Gasteiger partial charge >= 0.3 is 12.1 Å². The highest BCUT2D eigenvalue weighted by Gasteiger charge is 2.46. The molecule has 4 atom stereocenters. The summed E-state index contributed by atoms with van der Waals surface area (Å²) in [5.74, 6) is -0.501. The minimum Gasteiger partial charge on any atom is -0.486 e. The van der Waals surface area contributed by atoms with E-state index in [-0.39, 0.29) is 18.2 Å². The molecule has 0 aromatic heterocycles. The highest BCUT2D eigenvalue weighted by Crippen LogP contribution is 2.43. The van der Waals surface area contributed by atoms with E-state index in [1.165, 1.54) is 5.56 Å². The second kappa shape index (κ2) is 11.1. The van der Waals surface area contributed by atoms with E-state index < -0.39 is 17.7 Å². The predicted molar refractivity (Wildman–Crippen MR) is 134 cm³/mol. The van der Waals surface area contributed by atoms with Gasteiger partial charge in [-0.15, -0.1) is 0 Å². The lowest BCUT2D eigenvalue weighted by molar-refractivity contribution is -0.192. The Balaban J connectivity index is 0.000000426. The highest BCUT2D eigenvalue weighted by molar-refractivity contribution is 5.90. The second-order valence-electron chi connectivity index (χ2n) is 8.87. The molecule has 3 aromatic rings. The normalized spacial score (nSPS) is 22.8. The third kappa shape index (κ3) is 5.75. The van der Waals surface area contributed by atoms with Gasteiger partial charge in [0, 0.05) is 7.11 Å². The second-order valence-corrected chi connectivity index (χ2v) is 8.87. The molecule has 0 bridgehead atoms. The molecule has 7 nitrogen and oxygen atoms in total. The summed E-state index contributed by atoms with van der Waals surface area (Å²) in [6, 6.07) is 28.5. The van der Waals surface area contributed by atoms with Crippen LogP contribution in [0.3, 0.4) is 0 Å². The van der Waals surface area contributed by atoms with E-state index in [1.54, 1.807) is 7.11 Å². The maximum absolute atomic E-state index is 10.6. The number of para-hydroxylation sites is 2. The number of carbonyl (C=O) groups is 1. The third-order valence-corrected chi connectivity index (χ3v) is 6.33. The zero-order valence-corrected chi connectivity index (χ0v) is 20.7. The van der Waals surface area contributed by atoms with E-state index >= 15 is 0 Å². The number of rotatable bonds is 5. The van der Waals surface area contributed by atoms with Gasteiger partial charge in [-0.05, 0) is 30.2 Å². The number of benzene rings is 3. The van der Waals surface area contributed by atoms with Crippen LogP contribution >= 0.6 is 0 Å². The van der Waals surface area contributed by atoms with Gasteiger partial charge in [-0.25, -0.2) is 4.79 Å². The fourth-order valence-electron chi connectivity index (χ4n) is 4.47. The van der Waals surface area contributed by atoms with Gasteiger partial charge in [0.15, 0.2) is 23.7 Å². The fourth-order valence-corrected chi connectivity index (χ4v) is 4.47. The molecule has 200 valence electrons. The topological polar surface area (TPSA) is 89.4 Å². The van der Waals surface area contributed by atoms with E-state index in [1.807, 2.05) is 36.4 Å². The van der Waals surface area contributed by atoms with Crippen LogP contribution in [-0.2, 0) is 15.1 Å². The number of halogens is 3. The first-order valence-electron chi connectivity index (χ1n) is 11.8. The molecule has 38 heavy (non-hydrogen) atoms. The maximum atomic E-state index is 10.6. The van der Waals surface area contributed by atoms with Gasteiger partial charge in [-0.1, -0.05) is 72.8 Å². The van der Waals surface area contributed by atoms with Gasteiger partial charge in [-0.2, -0.15) is 13.2 Å². The summed E-state index contributed by atoms with van der Waals surface area (Å²) in [6.45, 7) is 2.56. The van der Waals surface area contributed by atoms with Crippen molar-refractivity contribution in [3.05, 3.63) is 96.1 Å². The van der Waals surface area contributed by atoms with E-state index in [4.69, 9.17) is 29.1 Å². The average Bonchev–Trinajstić information content (AvgIpc) is 3.28. The molecule has 2 N–H and O–H groups in total. The molecule has 3 aromatic carbocycles. The van der Waals surface area contributed by atoms with Crippen LogP contribution in [0.4, 0.5) is 13.2 Å². The Kier molecular flexibility index (Phi) is 7.91. The van der Waals surface area contributed by atoms with E-state index in [0.717, 1.165) is 22.9 Å². The first kappa shape index (κ1) is 27.0. The molecule has 10 heteroatoms. The highest BCUT2D eigenvalue weighted by atomic mass is 19.4. The van der Waals surface area contributed by atoms with Crippen molar-refractivity contribution < 1.29 is 37.3 Å². The first-order valence-corrected chi connectivity index (χ1v) is 11.8. The Morgan fingerprint density at radius 1 is 1.03 bits per heavy atom. The number of ether oxygens (including phenoxy) is 3. The minimum absolute atomic E-state index is 0.0273. The summed E-state index contributed by atoms with van der Waals surface area (Å²) in [5.41, 5.74) is 1.84. The molecule has 2 unspecified atom stereocenters. The predicted octanol–water partition coefficient (Wildman–Crippen LogP) is 5.13. The zero-order valence-electron chi connectivity index (χ0n) is 20.7. The van der Waals surface area contributed by atoms with Gasteiger partial charge in [0.05, 0.1) is 6.04 Å². The summed E-state index contributed by atoms with van der Waals surface area (Å²) in [6.07, 6.45) is -5.77. The Hall–Kier alpha value is -4.05. The van der Waals surface area contributed by atoms with Gasteiger partial charge in [-0.3, -0.25) is 4.99 Å². The Morgan fingerprint density at radius 2 is 1.58 bits per heavy atom. The first-order chi connectivity index (χ1) is 18.1. The van der Waals surface area contributed by atoms with Crippen LogP contribution in [-0.4, -0.2) is 49.0 Å². The number of hydrogen-bond acceptors (Lipinski definition) is 6. The van der Waals surface area contributed by atoms with Crippen LogP contribution in [0.15, 0.2) is 89.9 Å². The Bertz CT molecular complexity index is 1270. The lowest BCUT2D eigenvalue weighted by Crippen LogP contribution is -2.49. The van der Waals surface area contributed by atoms with E-state index in [9.17, 15) is 13.2 Å². The number of nitrogens with zero attached hydrogens (tertiary/aromatic N) is 1. The van der Waals surface area contributed by atoms with Crippen LogP contribution in [0.2, 0.25) is 0 Å². The molecule has 0 saturated carbocycles. The molecule has 5 rings (SSSR count). The molecule has 0 aliphatic carbocycles. The molecule has 0 saturated heterocycles. The van der Waals surface area contributed by atoms with Gasteiger partial charge in [0.2, 0.25) is 0 Å². The Labute approximate surface area is 217 Å². The number of amidine groups is 1. The van der Waals surface area contributed by atoms with Crippen molar-refractivity contribution in [2.45, 2.75) is 36.9 Å². The lowest BCUT2D eigenvalue weighted by atomic mass is 9.82. The van der Waals surface area contributed by atoms with Crippen molar-refractivity contribution in [2.75, 3.05) is 13.7 Å². The molecule has 2 aliphatic rings. The number of alkyl halides is 3. The van der Waals surface area contributed by atoms with Gasteiger partial charge in [0.1, 0.15) is 18.0 Å². The summed E-state index contributed by atoms with van der Waals surface area (Å²) < 4.78 is 49.8. The molecule has 0 spiro atoms. The molecule has 0 fully saturated rings. The molecular weight excluding hydrogens is 501 g/mol. The van der Waals surface area contributed by atoms with Crippen LogP contribution in [0.5, 0.6) is 11.5 Å².